The van der Waals surface area contributed by atoms with Crippen molar-refractivity contribution in [1.82, 2.24) is 10.2 Å². The van der Waals surface area contributed by atoms with Crippen molar-refractivity contribution in [3.63, 3.8) is 0 Å². The van der Waals surface area contributed by atoms with Crippen LogP contribution >= 0.6 is 0 Å². The number of nitrogens with one attached hydrogen (secondary N) is 2. The van der Waals surface area contributed by atoms with Crippen LogP contribution in [0, 0.1) is 6.92 Å². The lowest BCUT2D eigenvalue weighted by molar-refractivity contribution is 0.0708. The molecule has 3 aromatic rings. The number of anilines is 1. The fourth-order valence-corrected chi connectivity index (χ4v) is 3.73. The van der Waals surface area contributed by atoms with E-state index in [1.165, 1.54) is 12.5 Å². The average molecular weight is 434 g/mol. The second-order valence-corrected chi connectivity index (χ2v) is 7.95. The summed E-state index contributed by atoms with van der Waals surface area (Å²) in [6.07, 6.45) is 4.35. The van der Waals surface area contributed by atoms with E-state index in [9.17, 15) is 9.59 Å². The highest BCUT2D eigenvalue weighted by Crippen LogP contribution is 2.27. The first-order valence-electron chi connectivity index (χ1n) is 10.7. The summed E-state index contributed by atoms with van der Waals surface area (Å²) in [4.78, 5) is 26.8. The van der Waals surface area contributed by atoms with Crippen molar-refractivity contribution in [2.45, 2.75) is 32.4 Å². The van der Waals surface area contributed by atoms with Crippen LogP contribution in [0.3, 0.4) is 0 Å². The number of hydrogen-bond donors (Lipinski definition) is 2. The van der Waals surface area contributed by atoms with E-state index in [0.29, 0.717) is 49.5 Å². The topological polar surface area (TPSA) is 83.8 Å². The molecule has 4 rings (SSSR count). The van der Waals surface area contributed by atoms with Gasteiger partial charge in [-0.2, -0.15) is 0 Å². The highest BCUT2D eigenvalue weighted by molar-refractivity contribution is 5.94. The van der Waals surface area contributed by atoms with Crippen molar-refractivity contribution >= 4 is 17.6 Å². The molecule has 2 aromatic carbocycles. The molecular weight excluding hydrogens is 406 g/mol. The van der Waals surface area contributed by atoms with E-state index in [0.717, 1.165) is 11.1 Å². The Morgan fingerprint density at radius 3 is 2.59 bits per heavy atom. The zero-order chi connectivity index (χ0) is 22.3. The summed E-state index contributed by atoms with van der Waals surface area (Å²) in [6.45, 7) is 3.58. The minimum absolute atomic E-state index is 0.00235. The van der Waals surface area contributed by atoms with Gasteiger partial charge in [-0.15, -0.1) is 0 Å². The molecule has 1 aromatic heterocycles. The second-order valence-electron chi connectivity index (χ2n) is 7.95. The minimum Gasteiger partial charge on any atom is -0.487 e. The van der Waals surface area contributed by atoms with Crippen molar-refractivity contribution < 1.29 is 18.7 Å². The quantitative estimate of drug-likeness (QED) is 0.595. The molecular formula is C25H27N3O4. The number of nitrogens with zero attached hydrogens (tertiary/aromatic N) is 1. The molecule has 32 heavy (non-hydrogen) atoms. The van der Waals surface area contributed by atoms with Crippen molar-refractivity contribution in [3.8, 4) is 5.75 Å². The number of carbonyl (C=O) groups is 2. The Labute approximate surface area is 187 Å². The summed E-state index contributed by atoms with van der Waals surface area (Å²) in [5, 5.41) is 5.92. The first-order chi connectivity index (χ1) is 15.6. The van der Waals surface area contributed by atoms with Crippen molar-refractivity contribution in [2.75, 3.05) is 18.4 Å². The predicted octanol–water partition coefficient (Wildman–Crippen LogP) is 4.59. The maximum absolute atomic E-state index is 12.6. The molecule has 1 aliphatic heterocycles. The Hall–Kier alpha value is -3.74. The second kappa shape index (κ2) is 10.0. The van der Waals surface area contributed by atoms with E-state index in [1.54, 1.807) is 11.0 Å². The number of furan rings is 1. The van der Waals surface area contributed by atoms with Gasteiger partial charge >= 0.3 is 6.03 Å². The largest absolute Gasteiger partial charge is 0.487 e. The fraction of sp³-hybridized carbons (Fsp3) is 0.280. The lowest BCUT2D eigenvalue weighted by Gasteiger charge is -2.32. The van der Waals surface area contributed by atoms with Gasteiger partial charge in [-0.05, 0) is 49.1 Å². The van der Waals surface area contributed by atoms with Crippen LogP contribution < -0.4 is 15.4 Å². The number of urea groups is 1. The number of carbonyl (C=O) groups excluding carboxylic acids is 2. The molecule has 0 saturated carbocycles. The summed E-state index contributed by atoms with van der Waals surface area (Å²) in [7, 11) is 0. The van der Waals surface area contributed by atoms with Gasteiger partial charge in [0.25, 0.3) is 5.91 Å². The van der Waals surface area contributed by atoms with E-state index in [2.05, 4.69) is 10.6 Å². The molecule has 1 aliphatic rings. The van der Waals surface area contributed by atoms with Gasteiger partial charge in [0, 0.05) is 19.1 Å². The Morgan fingerprint density at radius 1 is 1.09 bits per heavy atom. The number of likely N-dealkylation sites (tertiary alicyclic amines) is 1. The standard InChI is InChI=1S/C25H27N3O4/c1-18-7-8-22(23(15-18)32-16-19-5-3-2-4-6-19)27-25(30)26-21-9-12-28(13-10-21)24(29)20-11-14-31-17-20/h2-8,11,14-15,17,21H,9-10,12-13,16H2,1H3,(H2,26,27,30). The maximum atomic E-state index is 12.6. The van der Waals surface area contributed by atoms with E-state index in [-0.39, 0.29) is 18.0 Å². The summed E-state index contributed by atoms with van der Waals surface area (Å²) < 4.78 is 11.0. The highest BCUT2D eigenvalue weighted by atomic mass is 16.5. The first-order valence-corrected chi connectivity index (χ1v) is 10.7. The van der Waals surface area contributed by atoms with Crippen molar-refractivity contribution in [3.05, 3.63) is 83.8 Å². The van der Waals surface area contributed by atoms with Crippen LogP contribution in [0.5, 0.6) is 5.75 Å². The number of aryl methyl sites for hydroxylation is 1. The van der Waals surface area contributed by atoms with Crippen LogP contribution in [0.15, 0.2) is 71.5 Å². The third kappa shape index (κ3) is 5.49. The molecule has 7 heteroatoms. The van der Waals surface area contributed by atoms with Gasteiger partial charge in [0.05, 0.1) is 17.5 Å². The van der Waals surface area contributed by atoms with Crippen molar-refractivity contribution in [1.29, 1.82) is 0 Å². The van der Waals surface area contributed by atoms with E-state index in [1.807, 2.05) is 55.5 Å². The van der Waals surface area contributed by atoms with Gasteiger partial charge in [-0.3, -0.25) is 4.79 Å². The summed E-state index contributed by atoms with van der Waals surface area (Å²) in [5.74, 6) is 0.589. The Kier molecular flexibility index (Phi) is 6.75. The number of amides is 3. The van der Waals surface area contributed by atoms with Crippen LogP contribution in [0.1, 0.15) is 34.3 Å². The highest BCUT2D eigenvalue weighted by Gasteiger charge is 2.25. The molecule has 2 N–H and O–H groups in total. The Bertz CT molecular complexity index is 1040. The number of ether oxygens (including phenoxy) is 1. The number of benzene rings is 2. The number of hydrogen-bond acceptors (Lipinski definition) is 4. The van der Waals surface area contributed by atoms with Gasteiger partial charge in [0.1, 0.15) is 18.6 Å². The van der Waals surface area contributed by atoms with Gasteiger partial charge in [0.15, 0.2) is 0 Å². The molecule has 3 amide bonds. The molecule has 0 atom stereocenters. The summed E-state index contributed by atoms with van der Waals surface area (Å²) in [5.41, 5.74) is 3.28. The fourth-order valence-electron chi connectivity index (χ4n) is 3.73. The normalized spacial score (nSPS) is 14.1. The van der Waals surface area contributed by atoms with Gasteiger partial charge in [-0.25, -0.2) is 4.79 Å². The number of piperidine rings is 1. The molecule has 0 radical (unpaired) electrons. The third-order valence-electron chi connectivity index (χ3n) is 5.51. The minimum atomic E-state index is -0.280. The maximum Gasteiger partial charge on any atom is 0.319 e. The zero-order valence-corrected chi connectivity index (χ0v) is 18.0. The lowest BCUT2D eigenvalue weighted by Crippen LogP contribution is -2.47. The Morgan fingerprint density at radius 2 is 1.88 bits per heavy atom. The first kappa shape index (κ1) is 21.5. The van der Waals surface area contributed by atoms with Crippen LogP contribution in [-0.4, -0.2) is 36.0 Å². The molecule has 2 heterocycles. The van der Waals surface area contributed by atoms with Crippen molar-refractivity contribution in [2.24, 2.45) is 0 Å². The SMILES string of the molecule is Cc1ccc(NC(=O)NC2CCN(C(=O)c3ccoc3)CC2)c(OCc2ccccc2)c1. The smallest absolute Gasteiger partial charge is 0.319 e. The van der Waals surface area contributed by atoms with Gasteiger partial charge in [0.2, 0.25) is 0 Å². The van der Waals surface area contributed by atoms with Crippen LogP contribution in [0.4, 0.5) is 10.5 Å². The molecule has 0 aliphatic carbocycles. The van der Waals surface area contributed by atoms with E-state index in [4.69, 9.17) is 9.15 Å². The predicted molar refractivity (Wildman–Crippen MR) is 122 cm³/mol. The molecule has 1 saturated heterocycles. The van der Waals surface area contributed by atoms with Gasteiger partial charge in [-0.1, -0.05) is 36.4 Å². The molecule has 0 bridgehead atoms. The monoisotopic (exact) mass is 433 g/mol. The number of rotatable bonds is 6. The molecule has 1 fully saturated rings. The molecule has 166 valence electrons. The Balaban J connectivity index is 1.30. The average Bonchev–Trinajstić information content (AvgIpc) is 3.35. The molecule has 7 nitrogen and oxygen atoms in total. The van der Waals surface area contributed by atoms with E-state index >= 15 is 0 Å². The summed E-state index contributed by atoms with van der Waals surface area (Å²) >= 11 is 0. The van der Waals surface area contributed by atoms with Crippen LogP contribution in [0.25, 0.3) is 0 Å². The van der Waals surface area contributed by atoms with Crippen LogP contribution in [-0.2, 0) is 6.61 Å². The third-order valence-corrected chi connectivity index (χ3v) is 5.51. The summed E-state index contributed by atoms with van der Waals surface area (Å²) in [6, 6.07) is 17.0. The molecule has 0 spiro atoms. The molecule has 0 unspecified atom stereocenters. The van der Waals surface area contributed by atoms with Gasteiger partial charge < -0.3 is 24.7 Å². The zero-order valence-electron chi connectivity index (χ0n) is 18.0. The lowest BCUT2D eigenvalue weighted by atomic mass is 10.0. The van der Waals surface area contributed by atoms with E-state index < -0.39 is 0 Å². The van der Waals surface area contributed by atoms with Crippen LogP contribution in [0.2, 0.25) is 0 Å².